The van der Waals surface area contributed by atoms with E-state index in [0.717, 1.165) is 0 Å². The molecule has 0 fully saturated rings. The van der Waals surface area contributed by atoms with E-state index in [1.807, 2.05) is 6.92 Å². The Balaban J connectivity index is 3.01. The van der Waals surface area contributed by atoms with Crippen LogP contribution in [0, 0.1) is 0 Å². The Morgan fingerprint density at radius 2 is 1.47 bits per heavy atom. The summed E-state index contributed by atoms with van der Waals surface area (Å²) in [7, 11) is 1.63. The predicted octanol–water partition coefficient (Wildman–Crippen LogP) is -0.181. The molecule has 0 aliphatic carbocycles. The number of likely N-dealkylation sites (N-methyl/N-ethyl adjacent to an activating group) is 1. The lowest BCUT2D eigenvalue weighted by Gasteiger charge is -2.06. The molecule has 0 rings (SSSR count). The SMILES string of the molecule is CCNC(=O)COCCOCCOCCOC. The van der Waals surface area contributed by atoms with E-state index in [0.29, 0.717) is 46.2 Å². The molecule has 0 aliphatic heterocycles. The van der Waals surface area contributed by atoms with Gasteiger partial charge in [-0.05, 0) is 6.92 Å². The smallest absolute Gasteiger partial charge is 0.245 e. The van der Waals surface area contributed by atoms with Crippen molar-refractivity contribution in [2.24, 2.45) is 0 Å². The van der Waals surface area contributed by atoms with Gasteiger partial charge in [0.1, 0.15) is 6.61 Å². The average Bonchev–Trinajstić information content (AvgIpc) is 2.32. The minimum atomic E-state index is -0.101. The van der Waals surface area contributed by atoms with Crippen LogP contribution in [0.4, 0.5) is 0 Å². The van der Waals surface area contributed by atoms with Crippen LogP contribution in [0.15, 0.2) is 0 Å². The summed E-state index contributed by atoms with van der Waals surface area (Å²) in [5, 5.41) is 2.64. The van der Waals surface area contributed by atoms with Crippen LogP contribution in [0.5, 0.6) is 0 Å². The van der Waals surface area contributed by atoms with Gasteiger partial charge < -0.3 is 24.3 Å². The summed E-state index contributed by atoms with van der Waals surface area (Å²) in [6.45, 7) is 5.68. The van der Waals surface area contributed by atoms with E-state index in [-0.39, 0.29) is 12.5 Å². The van der Waals surface area contributed by atoms with Crippen molar-refractivity contribution >= 4 is 5.91 Å². The first kappa shape index (κ1) is 16.3. The highest BCUT2D eigenvalue weighted by Crippen LogP contribution is 1.82. The minimum absolute atomic E-state index is 0.0849. The fourth-order valence-corrected chi connectivity index (χ4v) is 0.995. The third-order valence-electron chi connectivity index (χ3n) is 1.78. The lowest BCUT2D eigenvalue weighted by atomic mass is 10.6. The second-order valence-electron chi connectivity index (χ2n) is 3.22. The first-order valence-corrected chi connectivity index (χ1v) is 5.80. The maximum absolute atomic E-state index is 11.0. The van der Waals surface area contributed by atoms with Crippen molar-refractivity contribution in [2.45, 2.75) is 6.92 Å². The largest absolute Gasteiger partial charge is 0.382 e. The highest BCUT2D eigenvalue weighted by Gasteiger charge is 1.98. The molecule has 0 aliphatic rings. The molecule has 0 heterocycles. The summed E-state index contributed by atoms with van der Waals surface area (Å²) >= 11 is 0. The van der Waals surface area contributed by atoms with Crippen LogP contribution < -0.4 is 5.32 Å². The van der Waals surface area contributed by atoms with E-state index < -0.39 is 0 Å². The van der Waals surface area contributed by atoms with E-state index in [1.165, 1.54) is 0 Å². The third-order valence-corrected chi connectivity index (χ3v) is 1.78. The number of nitrogens with one attached hydrogen (secondary N) is 1. The van der Waals surface area contributed by atoms with Crippen LogP contribution >= 0.6 is 0 Å². The number of methoxy groups -OCH3 is 1. The molecule has 0 saturated heterocycles. The Bertz CT molecular complexity index is 177. The molecule has 0 radical (unpaired) electrons. The Labute approximate surface area is 103 Å². The number of hydrogen-bond acceptors (Lipinski definition) is 5. The van der Waals surface area contributed by atoms with Gasteiger partial charge in [0.2, 0.25) is 5.91 Å². The van der Waals surface area contributed by atoms with E-state index in [9.17, 15) is 4.79 Å². The van der Waals surface area contributed by atoms with E-state index in [1.54, 1.807) is 7.11 Å². The van der Waals surface area contributed by atoms with Crippen molar-refractivity contribution in [1.29, 1.82) is 0 Å². The molecule has 0 aromatic carbocycles. The number of carbonyl (C=O) groups excluding carboxylic acids is 1. The number of rotatable bonds is 12. The van der Waals surface area contributed by atoms with Gasteiger partial charge >= 0.3 is 0 Å². The second kappa shape index (κ2) is 13.4. The molecule has 17 heavy (non-hydrogen) atoms. The van der Waals surface area contributed by atoms with Gasteiger partial charge in [0.05, 0.1) is 39.6 Å². The summed E-state index contributed by atoms with van der Waals surface area (Å²) in [6, 6.07) is 0. The lowest BCUT2D eigenvalue weighted by molar-refractivity contribution is -0.126. The van der Waals surface area contributed by atoms with Crippen molar-refractivity contribution in [3.63, 3.8) is 0 Å². The summed E-state index contributed by atoms with van der Waals surface area (Å²) in [5.74, 6) is -0.101. The maximum atomic E-state index is 11.0. The summed E-state index contributed by atoms with van der Waals surface area (Å²) in [6.07, 6.45) is 0. The average molecular weight is 249 g/mol. The Kier molecular flexibility index (Phi) is 12.8. The lowest BCUT2D eigenvalue weighted by Crippen LogP contribution is -2.27. The topological polar surface area (TPSA) is 66.0 Å². The van der Waals surface area contributed by atoms with Crippen LogP contribution in [-0.4, -0.2) is 65.8 Å². The molecule has 0 bridgehead atoms. The molecule has 1 N–H and O–H groups in total. The molecule has 0 saturated carbocycles. The van der Waals surface area contributed by atoms with Crippen LogP contribution in [0.3, 0.4) is 0 Å². The molecular formula is C11H23NO5. The molecule has 6 heteroatoms. The van der Waals surface area contributed by atoms with Gasteiger partial charge in [-0.2, -0.15) is 0 Å². The van der Waals surface area contributed by atoms with Crippen molar-refractivity contribution in [2.75, 3.05) is 59.9 Å². The molecule has 0 aromatic heterocycles. The van der Waals surface area contributed by atoms with E-state index in [4.69, 9.17) is 18.9 Å². The first-order valence-electron chi connectivity index (χ1n) is 5.80. The maximum Gasteiger partial charge on any atom is 0.245 e. The van der Waals surface area contributed by atoms with Gasteiger partial charge in [-0.1, -0.05) is 0 Å². The van der Waals surface area contributed by atoms with Crippen molar-refractivity contribution < 1.29 is 23.7 Å². The van der Waals surface area contributed by atoms with E-state index >= 15 is 0 Å². The van der Waals surface area contributed by atoms with Crippen molar-refractivity contribution in [3.05, 3.63) is 0 Å². The standard InChI is InChI=1S/C11H23NO5/c1-3-12-11(13)10-17-9-8-16-7-6-15-5-4-14-2/h3-10H2,1-2H3,(H,12,13). The summed E-state index contributed by atoms with van der Waals surface area (Å²) in [5.41, 5.74) is 0. The van der Waals surface area contributed by atoms with Crippen LogP contribution in [-0.2, 0) is 23.7 Å². The minimum Gasteiger partial charge on any atom is -0.382 e. The Morgan fingerprint density at radius 1 is 0.941 bits per heavy atom. The number of hydrogen-bond donors (Lipinski definition) is 1. The normalized spacial score (nSPS) is 10.5. The first-order chi connectivity index (χ1) is 8.31. The summed E-state index contributed by atoms with van der Waals surface area (Å²) < 4.78 is 20.3. The van der Waals surface area contributed by atoms with Crippen molar-refractivity contribution in [1.82, 2.24) is 5.32 Å². The molecule has 0 spiro atoms. The second-order valence-corrected chi connectivity index (χ2v) is 3.22. The van der Waals surface area contributed by atoms with Gasteiger partial charge in [0, 0.05) is 13.7 Å². The zero-order chi connectivity index (χ0) is 12.8. The zero-order valence-corrected chi connectivity index (χ0v) is 10.7. The van der Waals surface area contributed by atoms with Crippen LogP contribution in [0.1, 0.15) is 6.92 Å². The van der Waals surface area contributed by atoms with Gasteiger partial charge in [-0.15, -0.1) is 0 Å². The molecule has 0 aromatic rings. The fraction of sp³-hybridized carbons (Fsp3) is 0.909. The zero-order valence-electron chi connectivity index (χ0n) is 10.7. The number of carbonyl (C=O) groups is 1. The fourth-order valence-electron chi connectivity index (χ4n) is 0.995. The molecule has 1 amide bonds. The van der Waals surface area contributed by atoms with Gasteiger partial charge in [-0.25, -0.2) is 0 Å². The molecule has 6 nitrogen and oxygen atoms in total. The summed E-state index contributed by atoms with van der Waals surface area (Å²) in [4.78, 5) is 11.0. The monoisotopic (exact) mass is 249 g/mol. The quantitative estimate of drug-likeness (QED) is 0.486. The highest BCUT2D eigenvalue weighted by atomic mass is 16.6. The predicted molar refractivity (Wildman–Crippen MR) is 63.0 cm³/mol. The number of ether oxygens (including phenoxy) is 4. The van der Waals surface area contributed by atoms with Crippen LogP contribution in [0.25, 0.3) is 0 Å². The molecular weight excluding hydrogens is 226 g/mol. The Morgan fingerprint density at radius 3 is 2.00 bits per heavy atom. The third kappa shape index (κ3) is 13.2. The Hall–Kier alpha value is -0.690. The highest BCUT2D eigenvalue weighted by molar-refractivity contribution is 5.77. The molecule has 0 unspecified atom stereocenters. The van der Waals surface area contributed by atoms with Gasteiger partial charge in [0.15, 0.2) is 0 Å². The van der Waals surface area contributed by atoms with Gasteiger partial charge in [-0.3, -0.25) is 4.79 Å². The van der Waals surface area contributed by atoms with E-state index in [2.05, 4.69) is 5.32 Å². The molecule has 102 valence electrons. The van der Waals surface area contributed by atoms with Crippen molar-refractivity contribution in [3.8, 4) is 0 Å². The van der Waals surface area contributed by atoms with Crippen LogP contribution in [0.2, 0.25) is 0 Å². The molecule has 0 atom stereocenters. The van der Waals surface area contributed by atoms with Gasteiger partial charge in [0.25, 0.3) is 0 Å². The number of amides is 1.